The highest BCUT2D eigenvalue weighted by Gasteiger charge is 0.00400. The molecule has 5 heavy (non-hydrogen) atoms. The van der Waals surface area contributed by atoms with E-state index in [0.29, 0.717) is 0 Å². The Morgan fingerprint density at radius 2 is 0.400 bits per heavy atom. The Morgan fingerprint density at radius 3 is 0.400 bits per heavy atom. The topological polar surface area (TPSA) is 0 Å². The third kappa shape index (κ3) is 59.5. The lowest BCUT2D eigenvalue weighted by Crippen LogP contribution is -0.382. The summed E-state index contributed by atoms with van der Waals surface area (Å²) in [5, 5.41) is 0. The van der Waals surface area contributed by atoms with Gasteiger partial charge in [-0.3, -0.25) is 0 Å². The van der Waals surface area contributed by atoms with Gasteiger partial charge in [0.1, 0.15) is 0 Å². The fraction of sp³-hybridized carbons (Fsp3) is 0. The zero-order valence-corrected chi connectivity index (χ0v) is 4.04. The minimum atomic E-state index is 0. The van der Waals surface area contributed by atoms with E-state index in [1.54, 1.807) is 0 Å². The molecule has 0 heterocycles. The van der Waals surface area contributed by atoms with Gasteiger partial charge in [-0.2, -0.15) is 0 Å². The molecule has 0 amide bonds. The zero-order chi connectivity index (χ0) is 0. The molecule has 0 N–H and O–H groups in total. The minimum Gasteiger partial charge on any atom is 0 e. The SMILES string of the molecule is [Al].[B].[B].[B].[B]. The van der Waals surface area contributed by atoms with Gasteiger partial charge in [0.2, 0.25) is 0 Å². The number of hydrogen-bond acceptors (Lipinski definition) is 0. The summed E-state index contributed by atoms with van der Waals surface area (Å²) in [4.78, 5) is 0. The number of hydrogen-bond donors (Lipinski definition) is 0. The second kappa shape index (κ2) is 110. The van der Waals surface area contributed by atoms with Crippen LogP contribution in [0.2, 0.25) is 0 Å². The van der Waals surface area contributed by atoms with E-state index in [2.05, 4.69) is 0 Å². The largest absolute Gasteiger partial charge is 0 e. The lowest BCUT2D eigenvalue weighted by Gasteiger charge is -0.00100. The van der Waals surface area contributed by atoms with Crippen LogP contribution < -0.4 is 0 Å². The average molecular weight is 70.2 g/mol. The lowest BCUT2D eigenvalue weighted by molar-refractivity contribution is 5.75. The first-order valence-corrected chi connectivity index (χ1v) is 0. The van der Waals surface area contributed by atoms with Crippen LogP contribution in [-0.2, 0) is 0 Å². The molecular formula is AlB4. The maximum Gasteiger partial charge on any atom is 0 e. The maximum absolute atomic E-state index is 0. The van der Waals surface area contributed by atoms with Gasteiger partial charge >= 0.3 is 0 Å². The zero-order valence-electron chi connectivity index (χ0n) is 2.89. The van der Waals surface area contributed by atoms with Gasteiger partial charge in [0.15, 0.2) is 0 Å². The summed E-state index contributed by atoms with van der Waals surface area (Å²) >= 11 is 0. The number of rotatable bonds is 0. The van der Waals surface area contributed by atoms with Crippen LogP contribution in [0.4, 0.5) is 0 Å². The highest BCUT2D eigenvalue weighted by Crippen LogP contribution is -0.377. The third-order valence-electron chi connectivity index (χ3n) is 0. The van der Waals surface area contributed by atoms with Crippen molar-refractivity contribution in [2.24, 2.45) is 0 Å². The molecule has 15 radical (unpaired) electrons. The van der Waals surface area contributed by atoms with Crippen molar-refractivity contribution in [1.29, 1.82) is 0 Å². The normalized spacial score (nSPS) is 0. The molecule has 0 fully saturated rings. The first-order chi connectivity index (χ1) is 0. The van der Waals surface area contributed by atoms with Crippen molar-refractivity contribution in [3.05, 3.63) is 0 Å². The maximum atomic E-state index is 0. The fourth-order valence-electron chi connectivity index (χ4n) is 0. The van der Waals surface area contributed by atoms with Gasteiger partial charge in [-0.15, -0.1) is 0 Å². The Balaban J connectivity index is 0. The van der Waals surface area contributed by atoms with Crippen LogP contribution in [0, 0.1) is 0 Å². The highest BCUT2D eigenvalue weighted by atomic mass is 27.0. The summed E-state index contributed by atoms with van der Waals surface area (Å²) in [5.74, 6) is 0. The fourth-order valence-corrected chi connectivity index (χ4v) is 0. The van der Waals surface area contributed by atoms with Crippen molar-refractivity contribution in [3.8, 4) is 0 Å². The average Bonchev–Trinajstić information content (AvgIpc) is 0. The second-order valence-electron chi connectivity index (χ2n) is 0. The Bertz CT molecular complexity index is 3.61. The summed E-state index contributed by atoms with van der Waals surface area (Å²) in [5.41, 5.74) is 0. The molecule has 5 heteroatoms. The quantitative estimate of drug-likeness (QED) is 0.292. The summed E-state index contributed by atoms with van der Waals surface area (Å²) in [6, 6.07) is 0. The van der Waals surface area contributed by atoms with Gasteiger partial charge in [0, 0.05) is 51.0 Å². The predicted octanol–water partition coefficient (Wildman–Crippen LogP) is -1.90. The van der Waals surface area contributed by atoms with Gasteiger partial charge in [-0.1, -0.05) is 0 Å². The van der Waals surface area contributed by atoms with Crippen LogP contribution in [0.5, 0.6) is 0 Å². The molecule has 0 atom stereocenters. The monoisotopic (exact) mass is 71.0 g/mol. The molecule has 0 aliphatic heterocycles. The van der Waals surface area contributed by atoms with Crippen LogP contribution in [0.15, 0.2) is 0 Å². The molecule has 15 valence electrons. The molecule has 0 rings (SSSR count). The Kier molecular flexibility index (Phi) is 4650. The van der Waals surface area contributed by atoms with E-state index in [9.17, 15) is 0 Å². The van der Waals surface area contributed by atoms with Crippen molar-refractivity contribution in [3.63, 3.8) is 0 Å². The first-order valence-electron chi connectivity index (χ1n) is 0. The van der Waals surface area contributed by atoms with E-state index in [-0.39, 0.29) is 51.0 Å². The van der Waals surface area contributed by atoms with Crippen LogP contribution in [0.3, 0.4) is 0 Å². The van der Waals surface area contributed by atoms with Crippen LogP contribution >= 0.6 is 0 Å². The van der Waals surface area contributed by atoms with Crippen molar-refractivity contribution in [2.45, 2.75) is 0 Å². The van der Waals surface area contributed by atoms with Crippen LogP contribution in [0.1, 0.15) is 0 Å². The summed E-state index contributed by atoms with van der Waals surface area (Å²) in [6.45, 7) is 0. The van der Waals surface area contributed by atoms with Gasteiger partial charge in [0.25, 0.3) is 0 Å². The molecule has 0 nitrogen and oxygen atoms in total. The van der Waals surface area contributed by atoms with E-state index in [0.717, 1.165) is 0 Å². The van der Waals surface area contributed by atoms with Gasteiger partial charge in [-0.05, 0) is 0 Å². The Labute approximate surface area is 51.5 Å². The van der Waals surface area contributed by atoms with Crippen LogP contribution in [0.25, 0.3) is 0 Å². The molecule has 0 aliphatic rings. The smallest absolute Gasteiger partial charge is 0 e. The molecule has 0 unspecified atom stereocenters. The second-order valence-corrected chi connectivity index (χ2v) is 0. The van der Waals surface area contributed by atoms with E-state index >= 15 is 0 Å². The van der Waals surface area contributed by atoms with Gasteiger partial charge in [0.05, 0.1) is 0 Å². The summed E-state index contributed by atoms with van der Waals surface area (Å²) in [7, 11) is 0. The molecule has 0 aromatic heterocycles. The van der Waals surface area contributed by atoms with Crippen LogP contribution in [-0.4, -0.2) is 51.0 Å². The molecular weight excluding hydrogens is 70.2 g/mol. The predicted molar refractivity (Wildman–Crippen MR) is 28.8 cm³/mol. The van der Waals surface area contributed by atoms with E-state index < -0.39 is 0 Å². The lowest BCUT2D eigenvalue weighted by atomic mass is 10.8. The van der Waals surface area contributed by atoms with Crippen molar-refractivity contribution in [2.75, 3.05) is 0 Å². The Morgan fingerprint density at radius 1 is 0.400 bits per heavy atom. The molecule has 0 aliphatic carbocycles. The molecule has 0 bridgehead atoms. The molecule has 0 spiro atoms. The highest BCUT2D eigenvalue weighted by molar-refractivity contribution is 5.76. The molecule has 0 saturated carbocycles. The van der Waals surface area contributed by atoms with Gasteiger partial charge in [-0.25, -0.2) is 0 Å². The van der Waals surface area contributed by atoms with E-state index in [1.165, 1.54) is 0 Å². The summed E-state index contributed by atoms with van der Waals surface area (Å²) < 4.78 is 0. The van der Waals surface area contributed by atoms with E-state index in [4.69, 9.17) is 0 Å². The molecule has 0 aromatic rings. The molecule has 0 saturated heterocycles. The first kappa shape index (κ1) is 212. The van der Waals surface area contributed by atoms with Crippen molar-refractivity contribution in [1.82, 2.24) is 0 Å². The third-order valence-corrected chi connectivity index (χ3v) is 0. The minimum absolute atomic E-state index is 0. The summed E-state index contributed by atoms with van der Waals surface area (Å²) in [6.07, 6.45) is 0. The van der Waals surface area contributed by atoms with Crippen molar-refractivity contribution >= 4 is 51.0 Å². The van der Waals surface area contributed by atoms with Crippen molar-refractivity contribution < 1.29 is 0 Å². The molecule has 0 aromatic carbocycles. The van der Waals surface area contributed by atoms with E-state index in [1.807, 2.05) is 0 Å². The Hall–Kier alpha value is 0.792. The van der Waals surface area contributed by atoms with Gasteiger partial charge < -0.3 is 0 Å². The standard InChI is InChI=1S/Al.4B.